The van der Waals surface area contributed by atoms with Crippen LogP contribution in [0, 0.1) is 0 Å². The van der Waals surface area contributed by atoms with Gasteiger partial charge in [0.05, 0.1) is 15.7 Å². The van der Waals surface area contributed by atoms with Gasteiger partial charge in [0.25, 0.3) is 0 Å². The Hall–Kier alpha value is -1.58. The predicted molar refractivity (Wildman–Crippen MR) is 88.0 cm³/mol. The molecule has 0 spiro atoms. The third kappa shape index (κ3) is 2.63. The molecular weight excluding hydrogens is 305 g/mol. The minimum absolute atomic E-state index is 0.329. The van der Waals surface area contributed by atoms with E-state index in [2.05, 4.69) is 41.1 Å². The van der Waals surface area contributed by atoms with E-state index in [1.54, 1.807) is 6.07 Å². The van der Waals surface area contributed by atoms with Gasteiger partial charge >= 0.3 is 0 Å². The lowest BCUT2D eigenvalue weighted by Crippen LogP contribution is -2.34. The number of aromatic nitrogens is 2. The Morgan fingerprint density at radius 1 is 0.952 bits per heavy atom. The number of anilines is 1. The Bertz CT molecular complexity index is 670. The number of halogens is 2. The molecule has 1 aromatic carbocycles. The van der Waals surface area contributed by atoms with E-state index >= 15 is 0 Å². The molecule has 1 aromatic heterocycles. The zero-order chi connectivity index (χ0) is 15.0. The fraction of sp³-hybridized carbons (Fsp3) is 0.250. The average Bonchev–Trinajstić information content (AvgIpc) is 2.82. The molecule has 0 amide bonds. The summed E-state index contributed by atoms with van der Waals surface area (Å²) in [6.07, 6.45) is 4.35. The van der Waals surface area contributed by atoms with Crippen molar-refractivity contribution in [2.45, 2.75) is 25.9 Å². The number of hydrogen-bond donors (Lipinski definition) is 0. The molecule has 0 unspecified atom stereocenters. The van der Waals surface area contributed by atoms with E-state index in [4.69, 9.17) is 23.2 Å². The topological polar surface area (TPSA) is 29.0 Å². The molecule has 2 atom stereocenters. The van der Waals surface area contributed by atoms with Gasteiger partial charge in [-0.1, -0.05) is 47.5 Å². The van der Waals surface area contributed by atoms with E-state index < -0.39 is 0 Å². The van der Waals surface area contributed by atoms with Crippen molar-refractivity contribution in [3.8, 4) is 11.3 Å². The van der Waals surface area contributed by atoms with Gasteiger partial charge in [-0.2, -0.15) is 0 Å². The van der Waals surface area contributed by atoms with Crippen LogP contribution < -0.4 is 4.90 Å². The quantitative estimate of drug-likeness (QED) is 0.757. The molecule has 2 heterocycles. The molecule has 0 saturated heterocycles. The fourth-order valence-corrected chi connectivity index (χ4v) is 3.00. The number of nitrogens with zero attached hydrogens (tertiary/aromatic N) is 3. The van der Waals surface area contributed by atoms with Crippen LogP contribution in [0.3, 0.4) is 0 Å². The zero-order valence-electron chi connectivity index (χ0n) is 11.8. The van der Waals surface area contributed by atoms with Crippen molar-refractivity contribution in [2.75, 3.05) is 4.90 Å². The second kappa shape index (κ2) is 5.66. The van der Waals surface area contributed by atoms with Crippen LogP contribution in [0.25, 0.3) is 11.3 Å². The Morgan fingerprint density at radius 2 is 1.67 bits per heavy atom. The van der Waals surface area contributed by atoms with Crippen LogP contribution in [-0.2, 0) is 0 Å². The zero-order valence-corrected chi connectivity index (χ0v) is 13.3. The second-order valence-electron chi connectivity index (χ2n) is 5.15. The predicted octanol–water partition coefficient (Wildman–Crippen LogP) is 4.60. The van der Waals surface area contributed by atoms with Gasteiger partial charge in [-0.25, -0.2) is 0 Å². The third-order valence-corrected chi connectivity index (χ3v) is 4.51. The minimum Gasteiger partial charge on any atom is -0.343 e. The lowest BCUT2D eigenvalue weighted by Gasteiger charge is -2.27. The second-order valence-corrected chi connectivity index (χ2v) is 5.94. The van der Waals surface area contributed by atoms with Crippen molar-refractivity contribution >= 4 is 29.0 Å². The van der Waals surface area contributed by atoms with Gasteiger partial charge < -0.3 is 4.90 Å². The Balaban J connectivity index is 1.93. The maximum Gasteiger partial charge on any atom is 0.152 e. The van der Waals surface area contributed by atoms with Crippen molar-refractivity contribution in [3.05, 3.63) is 52.5 Å². The van der Waals surface area contributed by atoms with Crippen LogP contribution in [0.5, 0.6) is 0 Å². The van der Waals surface area contributed by atoms with Gasteiger partial charge in [-0.05, 0) is 32.0 Å². The van der Waals surface area contributed by atoms with Gasteiger partial charge in [0.2, 0.25) is 0 Å². The average molecular weight is 320 g/mol. The van der Waals surface area contributed by atoms with Gasteiger partial charge in [0.15, 0.2) is 5.82 Å². The monoisotopic (exact) mass is 319 g/mol. The van der Waals surface area contributed by atoms with Crippen molar-refractivity contribution in [1.82, 2.24) is 10.2 Å². The maximum atomic E-state index is 6.22. The Morgan fingerprint density at radius 3 is 2.29 bits per heavy atom. The molecular formula is C16H15Cl2N3. The van der Waals surface area contributed by atoms with Gasteiger partial charge in [-0.15, -0.1) is 10.2 Å². The summed E-state index contributed by atoms with van der Waals surface area (Å²) >= 11 is 12.3. The highest BCUT2D eigenvalue weighted by atomic mass is 35.5. The van der Waals surface area contributed by atoms with Gasteiger partial charge in [-0.3, -0.25) is 0 Å². The molecule has 1 aliphatic heterocycles. The highest BCUT2D eigenvalue weighted by Crippen LogP contribution is 2.33. The largest absolute Gasteiger partial charge is 0.343 e. The molecule has 2 aromatic rings. The van der Waals surface area contributed by atoms with Crippen LogP contribution in [0.15, 0.2) is 42.5 Å². The normalized spacial score (nSPS) is 21.0. The van der Waals surface area contributed by atoms with Crippen LogP contribution >= 0.6 is 23.2 Å². The standard InChI is InChI=1S/C16H15Cl2N3/c1-10-6-7-11(2)21(10)15-9-8-14(19-20-15)12-4-3-5-13(17)16(12)18/h3-11H,1-2H3/t10-,11+. The Kier molecular flexibility index (Phi) is 3.87. The van der Waals surface area contributed by atoms with Crippen molar-refractivity contribution in [3.63, 3.8) is 0 Å². The summed E-state index contributed by atoms with van der Waals surface area (Å²) in [7, 11) is 0. The molecule has 0 N–H and O–H groups in total. The van der Waals surface area contributed by atoms with Crippen molar-refractivity contribution in [2.24, 2.45) is 0 Å². The first-order valence-electron chi connectivity index (χ1n) is 6.82. The Labute approximate surface area is 134 Å². The van der Waals surface area contributed by atoms with E-state index in [1.807, 2.05) is 24.3 Å². The molecule has 3 rings (SSSR count). The number of rotatable bonds is 2. The molecule has 1 aliphatic rings. The molecule has 0 aliphatic carbocycles. The molecule has 0 radical (unpaired) electrons. The summed E-state index contributed by atoms with van der Waals surface area (Å²) in [4.78, 5) is 2.22. The summed E-state index contributed by atoms with van der Waals surface area (Å²) in [5.41, 5.74) is 1.52. The SMILES string of the molecule is C[C@@H]1C=C[C@H](C)N1c1ccc(-c2cccc(Cl)c2Cl)nn1. The molecule has 0 fully saturated rings. The molecule has 5 heteroatoms. The summed E-state index contributed by atoms with van der Waals surface area (Å²) in [5, 5.41) is 9.67. The van der Waals surface area contributed by atoms with Crippen LogP contribution in [0.4, 0.5) is 5.82 Å². The summed E-state index contributed by atoms with van der Waals surface area (Å²) in [6, 6.07) is 10.1. The lowest BCUT2D eigenvalue weighted by molar-refractivity contribution is 0.707. The summed E-state index contributed by atoms with van der Waals surface area (Å²) < 4.78 is 0. The fourth-order valence-electron chi connectivity index (χ4n) is 2.60. The first-order valence-corrected chi connectivity index (χ1v) is 7.58. The smallest absolute Gasteiger partial charge is 0.152 e. The highest BCUT2D eigenvalue weighted by Gasteiger charge is 2.23. The lowest BCUT2D eigenvalue weighted by atomic mass is 10.1. The molecule has 108 valence electrons. The van der Waals surface area contributed by atoms with Crippen LogP contribution in [0.1, 0.15) is 13.8 Å². The van der Waals surface area contributed by atoms with E-state index in [-0.39, 0.29) is 0 Å². The van der Waals surface area contributed by atoms with E-state index in [1.165, 1.54) is 0 Å². The van der Waals surface area contributed by atoms with E-state index in [9.17, 15) is 0 Å². The van der Waals surface area contributed by atoms with Gasteiger partial charge in [0.1, 0.15) is 0 Å². The third-order valence-electron chi connectivity index (χ3n) is 3.69. The molecule has 0 bridgehead atoms. The summed E-state index contributed by atoms with van der Waals surface area (Å²) in [6.45, 7) is 4.28. The van der Waals surface area contributed by atoms with E-state index in [0.29, 0.717) is 22.1 Å². The minimum atomic E-state index is 0.329. The van der Waals surface area contributed by atoms with Crippen LogP contribution in [0.2, 0.25) is 10.0 Å². The first-order chi connectivity index (χ1) is 10.1. The van der Waals surface area contributed by atoms with E-state index in [0.717, 1.165) is 17.1 Å². The maximum absolute atomic E-state index is 6.22. The summed E-state index contributed by atoms with van der Waals surface area (Å²) in [5.74, 6) is 0.863. The highest BCUT2D eigenvalue weighted by molar-refractivity contribution is 6.43. The number of hydrogen-bond acceptors (Lipinski definition) is 3. The van der Waals surface area contributed by atoms with Crippen molar-refractivity contribution in [1.29, 1.82) is 0 Å². The van der Waals surface area contributed by atoms with Gasteiger partial charge in [0, 0.05) is 17.6 Å². The van der Waals surface area contributed by atoms with Crippen molar-refractivity contribution < 1.29 is 0 Å². The number of benzene rings is 1. The van der Waals surface area contributed by atoms with Crippen LogP contribution in [-0.4, -0.2) is 22.3 Å². The first kappa shape index (κ1) is 14.4. The molecule has 3 nitrogen and oxygen atoms in total. The molecule has 0 saturated carbocycles. The molecule has 21 heavy (non-hydrogen) atoms.